The Balaban J connectivity index is 3.80. The van der Waals surface area contributed by atoms with Crippen molar-refractivity contribution in [1.29, 1.82) is 0 Å². The molecule has 0 saturated heterocycles. The average Bonchev–Trinajstić information content (AvgIpc) is 2.02. The van der Waals surface area contributed by atoms with Crippen molar-refractivity contribution < 1.29 is 5.11 Å². The van der Waals surface area contributed by atoms with Crippen LogP contribution in [0, 0.1) is 0 Å². The zero-order valence-electron chi connectivity index (χ0n) is 8.69. The summed E-state index contributed by atoms with van der Waals surface area (Å²) in [6, 6.07) is 0. The molecule has 0 rings (SSSR count). The molecule has 0 fully saturated rings. The second kappa shape index (κ2) is 6.44. The predicted molar refractivity (Wildman–Crippen MR) is 53.3 cm³/mol. The van der Waals surface area contributed by atoms with E-state index in [4.69, 9.17) is 5.11 Å². The summed E-state index contributed by atoms with van der Waals surface area (Å²) in [7, 11) is 0. The molecular weight excluding hydrogens is 150 g/mol. The minimum absolute atomic E-state index is 0.152. The minimum atomic E-state index is 0.152. The fourth-order valence-electron chi connectivity index (χ4n) is 1.53. The van der Waals surface area contributed by atoms with E-state index in [1.807, 2.05) is 0 Å². The summed E-state index contributed by atoms with van der Waals surface area (Å²) in [6.45, 7) is 7.88. The van der Waals surface area contributed by atoms with E-state index in [1.165, 1.54) is 6.42 Å². The number of aliphatic hydroxyl groups excluding tert-OH is 1. The maximum Gasteiger partial charge on any atom is 0.0448 e. The van der Waals surface area contributed by atoms with Gasteiger partial charge in [0.1, 0.15) is 0 Å². The summed E-state index contributed by atoms with van der Waals surface area (Å²) in [4.78, 5) is 0. The van der Waals surface area contributed by atoms with Crippen LogP contribution in [0.15, 0.2) is 0 Å². The lowest BCUT2D eigenvalue weighted by Crippen LogP contribution is -2.43. The molecule has 2 heteroatoms. The van der Waals surface area contributed by atoms with Gasteiger partial charge in [-0.15, -0.1) is 0 Å². The van der Waals surface area contributed by atoms with E-state index in [0.717, 1.165) is 25.8 Å². The van der Waals surface area contributed by atoms with Gasteiger partial charge in [0, 0.05) is 12.1 Å². The van der Waals surface area contributed by atoms with Crippen LogP contribution in [0.3, 0.4) is 0 Å². The second-order valence-corrected chi connectivity index (χ2v) is 3.71. The molecule has 0 bridgehead atoms. The van der Waals surface area contributed by atoms with Crippen LogP contribution in [0.2, 0.25) is 0 Å². The van der Waals surface area contributed by atoms with Crippen molar-refractivity contribution in [1.82, 2.24) is 5.32 Å². The topological polar surface area (TPSA) is 32.3 Å². The molecule has 1 unspecified atom stereocenters. The van der Waals surface area contributed by atoms with Crippen molar-refractivity contribution in [3.8, 4) is 0 Å². The highest BCUT2D eigenvalue weighted by Gasteiger charge is 2.20. The SMILES string of the molecule is CCCNC(C)(CCC)CCO. The zero-order chi connectivity index (χ0) is 9.45. The van der Waals surface area contributed by atoms with Crippen LogP contribution < -0.4 is 5.32 Å². The van der Waals surface area contributed by atoms with Crippen LogP contribution in [-0.4, -0.2) is 23.8 Å². The largest absolute Gasteiger partial charge is 0.396 e. The van der Waals surface area contributed by atoms with Crippen molar-refractivity contribution in [3.63, 3.8) is 0 Å². The average molecular weight is 173 g/mol. The molecule has 0 aromatic carbocycles. The Kier molecular flexibility index (Phi) is 6.39. The summed E-state index contributed by atoms with van der Waals surface area (Å²) in [5.41, 5.74) is 0.152. The molecule has 0 spiro atoms. The van der Waals surface area contributed by atoms with Gasteiger partial charge in [-0.3, -0.25) is 0 Å². The smallest absolute Gasteiger partial charge is 0.0448 e. The van der Waals surface area contributed by atoms with Gasteiger partial charge in [0.2, 0.25) is 0 Å². The fraction of sp³-hybridized carbons (Fsp3) is 1.00. The van der Waals surface area contributed by atoms with E-state index in [2.05, 4.69) is 26.1 Å². The molecule has 0 amide bonds. The highest BCUT2D eigenvalue weighted by atomic mass is 16.3. The Bertz CT molecular complexity index is 98.0. The van der Waals surface area contributed by atoms with E-state index in [0.29, 0.717) is 0 Å². The Labute approximate surface area is 76.4 Å². The fourth-order valence-corrected chi connectivity index (χ4v) is 1.53. The molecule has 2 N–H and O–H groups in total. The molecule has 12 heavy (non-hydrogen) atoms. The maximum atomic E-state index is 8.89. The lowest BCUT2D eigenvalue weighted by Gasteiger charge is -2.30. The van der Waals surface area contributed by atoms with Gasteiger partial charge in [0.05, 0.1) is 0 Å². The van der Waals surface area contributed by atoms with Crippen molar-refractivity contribution in [2.75, 3.05) is 13.2 Å². The van der Waals surface area contributed by atoms with Gasteiger partial charge < -0.3 is 10.4 Å². The molecule has 1 atom stereocenters. The molecule has 0 aromatic rings. The van der Waals surface area contributed by atoms with Gasteiger partial charge in [0.15, 0.2) is 0 Å². The minimum Gasteiger partial charge on any atom is -0.396 e. The molecular formula is C10H23NO. The summed E-state index contributed by atoms with van der Waals surface area (Å²) in [6.07, 6.45) is 4.34. The van der Waals surface area contributed by atoms with Crippen LogP contribution in [0.4, 0.5) is 0 Å². The molecule has 2 nitrogen and oxygen atoms in total. The molecule has 0 heterocycles. The summed E-state index contributed by atoms with van der Waals surface area (Å²) in [5, 5.41) is 12.4. The number of aliphatic hydroxyl groups is 1. The van der Waals surface area contributed by atoms with Gasteiger partial charge in [0.25, 0.3) is 0 Å². The lowest BCUT2D eigenvalue weighted by atomic mass is 9.92. The molecule has 74 valence electrons. The quantitative estimate of drug-likeness (QED) is 0.616. The van der Waals surface area contributed by atoms with Crippen molar-refractivity contribution in [3.05, 3.63) is 0 Å². The Hall–Kier alpha value is -0.0800. The maximum absolute atomic E-state index is 8.89. The normalized spacial score (nSPS) is 16.0. The van der Waals surface area contributed by atoms with Gasteiger partial charge in [-0.05, 0) is 32.7 Å². The highest BCUT2D eigenvalue weighted by Crippen LogP contribution is 2.16. The molecule has 0 aromatic heterocycles. The van der Waals surface area contributed by atoms with Crippen LogP contribution in [0.5, 0.6) is 0 Å². The molecule has 0 saturated carbocycles. The monoisotopic (exact) mass is 173 g/mol. The highest BCUT2D eigenvalue weighted by molar-refractivity contribution is 4.81. The number of hydrogen-bond donors (Lipinski definition) is 2. The van der Waals surface area contributed by atoms with Crippen LogP contribution in [0.1, 0.15) is 46.5 Å². The van der Waals surface area contributed by atoms with E-state index < -0.39 is 0 Å². The number of hydrogen-bond acceptors (Lipinski definition) is 2. The lowest BCUT2D eigenvalue weighted by molar-refractivity contribution is 0.211. The Morgan fingerprint density at radius 2 is 1.83 bits per heavy atom. The third-order valence-corrected chi connectivity index (χ3v) is 2.27. The Morgan fingerprint density at radius 3 is 2.25 bits per heavy atom. The van der Waals surface area contributed by atoms with Gasteiger partial charge in [-0.2, -0.15) is 0 Å². The van der Waals surface area contributed by atoms with Crippen LogP contribution in [0.25, 0.3) is 0 Å². The van der Waals surface area contributed by atoms with E-state index >= 15 is 0 Å². The zero-order valence-corrected chi connectivity index (χ0v) is 8.69. The molecule has 0 aliphatic carbocycles. The third-order valence-electron chi connectivity index (χ3n) is 2.27. The van der Waals surface area contributed by atoms with Gasteiger partial charge in [-0.1, -0.05) is 20.3 Å². The first-order valence-electron chi connectivity index (χ1n) is 5.04. The first-order valence-corrected chi connectivity index (χ1v) is 5.04. The van der Waals surface area contributed by atoms with E-state index in [-0.39, 0.29) is 12.1 Å². The Morgan fingerprint density at radius 1 is 1.17 bits per heavy atom. The van der Waals surface area contributed by atoms with Gasteiger partial charge in [-0.25, -0.2) is 0 Å². The summed E-state index contributed by atoms with van der Waals surface area (Å²) in [5.74, 6) is 0. The van der Waals surface area contributed by atoms with E-state index in [1.54, 1.807) is 0 Å². The molecule has 0 aliphatic rings. The second-order valence-electron chi connectivity index (χ2n) is 3.71. The first kappa shape index (κ1) is 11.9. The van der Waals surface area contributed by atoms with Crippen LogP contribution >= 0.6 is 0 Å². The molecule has 0 radical (unpaired) electrons. The number of nitrogens with one attached hydrogen (secondary N) is 1. The van der Waals surface area contributed by atoms with Crippen molar-refractivity contribution in [2.24, 2.45) is 0 Å². The van der Waals surface area contributed by atoms with Crippen molar-refractivity contribution >= 4 is 0 Å². The van der Waals surface area contributed by atoms with Gasteiger partial charge >= 0.3 is 0 Å². The molecule has 0 aliphatic heterocycles. The van der Waals surface area contributed by atoms with Crippen molar-refractivity contribution in [2.45, 2.75) is 52.0 Å². The summed E-state index contributed by atoms with van der Waals surface area (Å²) < 4.78 is 0. The summed E-state index contributed by atoms with van der Waals surface area (Å²) >= 11 is 0. The van der Waals surface area contributed by atoms with E-state index in [9.17, 15) is 0 Å². The number of rotatable bonds is 7. The predicted octanol–water partition coefficient (Wildman–Crippen LogP) is 1.93. The van der Waals surface area contributed by atoms with Crippen LogP contribution in [-0.2, 0) is 0 Å². The third kappa shape index (κ3) is 4.73. The standard InChI is InChI=1S/C10H23NO/c1-4-6-10(3,7-9-12)11-8-5-2/h11-12H,4-9H2,1-3H3. The first-order chi connectivity index (χ1) is 5.68.